The SMILES string of the molecule is C1NCN2CCC2S1. The first-order chi connectivity index (χ1) is 3.97. The van der Waals surface area contributed by atoms with Crippen molar-refractivity contribution in [1.29, 1.82) is 0 Å². The largest absolute Gasteiger partial charge is 0.295 e. The summed E-state index contributed by atoms with van der Waals surface area (Å²) in [5, 5.41) is 4.18. The normalized spacial score (nSPS) is 38.2. The van der Waals surface area contributed by atoms with Gasteiger partial charge in [0.05, 0.1) is 5.37 Å². The Balaban J connectivity index is 1.92. The van der Waals surface area contributed by atoms with Crippen molar-refractivity contribution < 1.29 is 0 Å². The third-order valence-corrected chi connectivity index (χ3v) is 3.05. The summed E-state index contributed by atoms with van der Waals surface area (Å²) in [6, 6.07) is 0. The van der Waals surface area contributed by atoms with Gasteiger partial charge in [0.2, 0.25) is 0 Å². The van der Waals surface area contributed by atoms with Crippen LogP contribution in [0.2, 0.25) is 0 Å². The van der Waals surface area contributed by atoms with E-state index in [0.29, 0.717) is 0 Å². The molecule has 0 aromatic heterocycles. The zero-order valence-electron chi connectivity index (χ0n) is 4.76. The highest BCUT2D eigenvalue weighted by Crippen LogP contribution is 2.28. The first-order valence-corrected chi connectivity index (χ1v) is 4.08. The lowest BCUT2D eigenvalue weighted by molar-refractivity contribution is 0.136. The van der Waals surface area contributed by atoms with Crippen LogP contribution in [0.5, 0.6) is 0 Å². The van der Waals surface area contributed by atoms with E-state index in [2.05, 4.69) is 10.2 Å². The van der Waals surface area contributed by atoms with Gasteiger partial charge in [0.15, 0.2) is 0 Å². The molecule has 8 heavy (non-hydrogen) atoms. The Morgan fingerprint density at radius 2 is 2.62 bits per heavy atom. The van der Waals surface area contributed by atoms with Crippen molar-refractivity contribution in [1.82, 2.24) is 10.2 Å². The van der Waals surface area contributed by atoms with E-state index in [1.54, 1.807) is 0 Å². The van der Waals surface area contributed by atoms with Crippen molar-refractivity contribution in [3.05, 3.63) is 0 Å². The van der Waals surface area contributed by atoms with Crippen LogP contribution in [0.4, 0.5) is 0 Å². The van der Waals surface area contributed by atoms with E-state index < -0.39 is 0 Å². The molecule has 0 aliphatic carbocycles. The van der Waals surface area contributed by atoms with E-state index in [4.69, 9.17) is 0 Å². The highest BCUT2D eigenvalue weighted by atomic mass is 32.2. The predicted octanol–water partition coefficient (Wildman–Crippen LogP) is 0.270. The molecule has 2 aliphatic rings. The number of nitrogens with zero attached hydrogens (tertiary/aromatic N) is 1. The van der Waals surface area contributed by atoms with Gasteiger partial charge in [-0.1, -0.05) is 0 Å². The fraction of sp³-hybridized carbons (Fsp3) is 1.00. The van der Waals surface area contributed by atoms with Crippen LogP contribution >= 0.6 is 11.8 Å². The van der Waals surface area contributed by atoms with Gasteiger partial charge in [-0.3, -0.25) is 10.2 Å². The monoisotopic (exact) mass is 130 g/mol. The number of hydrogen-bond acceptors (Lipinski definition) is 3. The summed E-state index contributed by atoms with van der Waals surface area (Å²) in [5.74, 6) is 1.15. The lowest BCUT2D eigenvalue weighted by atomic mass is 10.2. The Morgan fingerprint density at radius 1 is 1.62 bits per heavy atom. The van der Waals surface area contributed by atoms with Gasteiger partial charge in [-0.15, -0.1) is 11.8 Å². The Bertz CT molecular complexity index is 84.4. The van der Waals surface area contributed by atoms with E-state index in [1.165, 1.54) is 13.0 Å². The molecule has 2 rings (SSSR count). The van der Waals surface area contributed by atoms with Gasteiger partial charge in [-0.2, -0.15) is 0 Å². The standard InChI is InChI=1S/C5H10N2S/c1-2-7-3-6-4-8-5(1)7/h5-6H,1-4H2. The zero-order valence-corrected chi connectivity index (χ0v) is 5.58. The van der Waals surface area contributed by atoms with Gasteiger partial charge in [0.1, 0.15) is 0 Å². The molecule has 46 valence electrons. The minimum atomic E-state index is 0.872. The molecule has 3 heteroatoms. The lowest BCUT2D eigenvalue weighted by Gasteiger charge is -2.43. The second-order valence-corrected chi connectivity index (χ2v) is 3.44. The molecule has 0 aromatic rings. The van der Waals surface area contributed by atoms with E-state index in [1.807, 2.05) is 11.8 Å². The number of fused-ring (bicyclic) bond motifs is 1. The summed E-state index contributed by atoms with van der Waals surface area (Å²) in [5.41, 5.74) is 0. The molecule has 0 spiro atoms. The number of hydrogen-bond donors (Lipinski definition) is 1. The molecular formula is C5H10N2S. The van der Waals surface area contributed by atoms with Gasteiger partial charge in [-0.05, 0) is 6.42 Å². The smallest absolute Gasteiger partial charge is 0.0593 e. The molecule has 0 aromatic carbocycles. The van der Waals surface area contributed by atoms with Crippen LogP contribution in [-0.4, -0.2) is 29.4 Å². The highest BCUT2D eigenvalue weighted by molar-refractivity contribution is 7.99. The first-order valence-electron chi connectivity index (χ1n) is 3.03. The van der Waals surface area contributed by atoms with Crippen LogP contribution in [0.1, 0.15) is 6.42 Å². The quantitative estimate of drug-likeness (QED) is 0.506. The molecule has 0 amide bonds. The van der Waals surface area contributed by atoms with Gasteiger partial charge in [0.25, 0.3) is 0 Å². The lowest BCUT2D eigenvalue weighted by Crippen LogP contribution is -2.53. The molecule has 2 heterocycles. The van der Waals surface area contributed by atoms with Crippen molar-refractivity contribution in [2.24, 2.45) is 0 Å². The number of thioether (sulfide) groups is 1. The summed E-state index contributed by atoms with van der Waals surface area (Å²) in [6.07, 6.45) is 1.41. The molecule has 0 saturated carbocycles. The van der Waals surface area contributed by atoms with E-state index in [-0.39, 0.29) is 0 Å². The minimum Gasteiger partial charge on any atom is -0.295 e. The Labute approximate surface area is 53.6 Å². The van der Waals surface area contributed by atoms with Crippen molar-refractivity contribution in [2.45, 2.75) is 11.8 Å². The van der Waals surface area contributed by atoms with Crippen molar-refractivity contribution >= 4 is 11.8 Å². The fourth-order valence-electron chi connectivity index (χ4n) is 1.13. The highest BCUT2D eigenvalue weighted by Gasteiger charge is 2.29. The molecule has 1 N–H and O–H groups in total. The number of rotatable bonds is 0. The molecule has 2 aliphatic heterocycles. The maximum Gasteiger partial charge on any atom is 0.0593 e. The Hall–Kier alpha value is 0.270. The van der Waals surface area contributed by atoms with Crippen LogP contribution < -0.4 is 5.32 Å². The topological polar surface area (TPSA) is 15.3 Å². The van der Waals surface area contributed by atoms with Gasteiger partial charge in [-0.25, -0.2) is 0 Å². The minimum absolute atomic E-state index is 0.872. The molecule has 0 radical (unpaired) electrons. The van der Waals surface area contributed by atoms with Gasteiger partial charge >= 0.3 is 0 Å². The van der Waals surface area contributed by atoms with Crippen molar-refractivity contribution in [3.63, 3.8) is 0 Å². The summed E-state index contributed by atoms with van der Waals surface area (Å²) in [4.78, 5) is 2.47. The second-order valence-electron chi connectivity index (χ2n) is 2.27. The summed E-state index contributed by atoms with van der Waals surface area (Å²) in [6.45, 7) is 2.43. The summed E-state index contributed by atoms with van der Waals surface area (Å²) < 4.78 is 0. The predicted molar refractivity (Wildman–Crippen MR) is 35.6 cm³/mol. The Kier molecular flexibility index (Phi) is 1.21. The van der Waals surface area contributed by atoms with Crippen molar-refractivity contribution in [2.75, 3.05) is 19.1 Å². The average molecular weight is 130 g/mol. The molecule has 1 atom stereocenters. The summed E-state index contributed by atoms with van der Waals surface area (Å²) >= 11 is 2.03. The molecule has 2 nitrogen and oxygen atoms in total. The zero-order chi connectivity index (χ0) is 5.40. The van der Waals surface area contributed by atoms with Gasteiger partial charge < -0.3 is 0 Å². The third-order valence-electron chi connectivity index (χ3n) is 1.76. The van der Waals surface area contributed by atoms with Crippen LogP contribution in [0.15, 0.2) is 0 Å². The third kappa shape index (κ3) is 0.658. The fourth-order valence-corrected chi connectivity index (χ4v) is 2.20. The van der Waals surface area contributed by atoms with E-state index in [0.717, 1.165) is 17.9 Å². The summed E-state index contributed by atoms with van der Waals surface area (Å²) in [7, 11) is 0. The van der Waals surface area contributed by atoms with Crippen LogP contribution in [0.3, 0.4) is 0 Å². The molecular weight excluding hydrogens is 120 g/mol. The maximum absolute atomic E-state index is 3.31. The van der Waals surface area contributed by atoms with Gasteiger partial charge in [0, 0.05) is 19.1 Å². The molecule has 2 fully saturated rings. The van der Waals surface area contributed by atoms with Crippen molar-refractivity contribution in [3.8, 4) is 0 Å². The van der Waals surface area contributed by atoms with Crippen LogP contribution in [0.25, 0.3) is 0 Å². The Morgan fingerprint density at radius 3 is 3.00 bits per heavy atom. The van der Waals surface area contributed by atoms with E-state index >= 15 is 0 Å². The second kappa shape index (κ2) is 1.90. The van der Waals surface area contributed by atoms with E-state index in [9.17, 15) is 0 Å². The molecule has 1 unspecified atom stereocenters. The molecule has 2 saturated heterocycles. The number of nitrogens with one attached hydrogen (secondary N) is 1. The molecule has 0 bridgehead atoms. The average Bonchev–Trinajstić information content (AvgIpc) is 1.72. The first kappa shape index (κ1) is 5.09. The maximum atomic E-state index is 3.31. The van der Waals surface area contributed by atoms with Crippen LogP contribution in [0, 0.1) is 0 Å². The van der Waals surface area contributed by atoms with Crippen LogP contribution in [-0.2, 0) is 0 Å².